The molecule has 1 saturated heterocycles. The molecule has 0 amide bonds. The van der Waals surface area contributed by atoms with Crippen molar-refractivity contribution in [1.82, 2.24) is 0 Å². The van der Waals surface area contributed by atoms with Gasteiger partial charge in [-0.05, 0) is 83.5 Å². The molecule has 12 nitrogen and oxygen atoms in total. The van der Waals surface area contributed by atoms with Crippen molar-refractivity contribution in [2.24, 2.45) is 0 Å². The predicted molar refractivity (Wildman–Crippen MR) is 349 cm³/mol. The van der Waals surface area contributed by atoms with Crippen LogP contribution in [0.25, 0.3) is 0 Å². The lowest BCUT2D eigenvalue weighted by Crippen LogP contribution is -2.61. The minimum Gasteiger partial charge on any atom is -0.479 e. The van der Waals surface area contributed by atoms with Crippen LogP contribution in [0, 0.1) is 0 Å². The van der Waals surface area contributed by atoms with Crippen molar-refractivity contribution in [3.05, 3.63) is 60.8 Å². The van der Waals surface area contributed by atoms with Gasteiger partial charge >= 0.3 is 23.9 Å². The molecule has 492 valence electrons. The van der Waals surface area contributed by atoms with Crippen LogP contribution in [0.1, 0.15) is 329 Å². The number of esters is 3. The molecule has 1 rings (SSSR count). The third-order valence-electron chi connectivity index (χ3n) is 16.1. The molecule has 3 N–H and O–H groups in total. The van der Waals surface area contributed by atoms with Crippen molar-refractivity contribution in [1.29, 1.82) is 0 Å². The molecule has 0 bridgehead atoms. The maximum Gasteiger partial charge on any atom is 0.335 e. The molecule has 6 atom stereocenters. The first-order valence-corrected chi connectivity index (χ1v) is 35.3. The minimum absolute atomic E-state index is 0.0555. The van der Waals surface area contributed by atoms with Gasteiger partial charge in [-0.15, -0.1) is 0 Å². The van der Waals surface area contributed by atoms with Gasteiger partial charge in [0, 0.05) is 19.3 Å². The summed E-state index contributed by atoms with van der Waals surface area (Å²) >= 11 is 0. The molecule has 0 radical (unpaired) electrons. The quantitative estimate of drug-likeness (QED) is 0.0228. The first-order chi connectivity index (χ1) is 41.6. The van der Waals surface area contributed by atoms with Crippen molar-refractivity contribution in [3.8, 4) is 0 Å². The molecule has 6 unspecified atom stereocenters. The number of unbranched alkanes of at least 4 members (excludes halogenated alkanes) is 37. The zero-order valence-corrected chi connectivity index (χ0v) is 54.6. The third-order valence-corrected chi connectivity index (χ3v) is 16.1. The van der Waals surface area contributed by atoms with Gasteiger partial charge in [0.25, 0.3) is 0 Å². The number of carboxylic acid groups (broad SMARTS) is 1. The second kappa shape index (κ2) is 60.7. The van der Waals surface area contributed by atoms with Crippen molar-refractivity contribution < 1.29 is 58.2 Å². The fraction of sp³-hybridized carbons (Fsp3) is 0.808. The van der Waals surface area contributed by atoms with Crippen LogP contribution in [0.2, 0.25) is 0 Å². The Hall–Kier alpha value is -3.58. The summed E-state index contributed by atoms with van der Waals surface area (Å²) in [5.74, 6) is -3.11. The van der Waals surface area contributed by atoms with Gasteiger partial charge in [0.1, 0.15) is 18.8 Å². The van der Waals surface area contributed by atoms with E-state index in [2.05, 4.69) is 81.5 Å². The summed E-state index contributed by atoms with van der Waals surface area (Å²) in [6.07, 6.45) is 64.6. The Morgan fingerprint density at radius 3 is 1.15 bits per heavy atom. The van der Waals surface area contributed by atoms with E-state index in [1.165, 1.54) is 148 Å². The fourth-order valence-corrected chi connectivity index (χ4v) is 10.7. The topological polar surface area (TPSA) is 175 Å². The van der Waals surface area contributed by atoms with E-state index in [9.17, 15) is 34.5 Å². The van der Waals surface area contributed by atoms with Crippen LogP contribution in [0.5, 0.6) is 0 Å². The van der Waals surface area contributed by atoms with Crippen molar-refractivity contribution in [3.63, 3.8) is 0 Å². The molecule has 0 aromatic heterocycles. The number of hydrogen-bond donors (Lipinski definition) is 3. The van der Waals surface area contributed by atoms with Gasteiger partial charge in [-0.1, -0.05) is 287 Å². The number of rotatable bonds is 61. The second-order valence-electron chi connectivity index (χ2n) is 24.1. The highest BCUT2D eigenvalue weighted by Gasteiger charge is 2.50. The number of aliphatic hydroxyl groups excluding tert-OH is 2. The van der Waals surface area contributed by atoms with E-state index in [-0.39, 0.29) is 25.9 Å². The summed E-state index contributed by atoms with van der Waals surface area (Å²) in [5.41, 5.74) is 0. The maximum atomic E-state index is 13.2. The summed E-state index contributed by atoms with van der Waals surface area (Å²) in [6.45, 7) is 5.92. The highest BCUT2D eigenvalue weighted by atomic mass is 16.7. The molecule has 1 heterocycles. The van der Waals surface area contributed by atoms with Crippen molar-refractivity contribution in [2.75, 3.05) is 13.2 Å². The highest BCUT2D eigenvalue weighted by Crippen LogP contribution is 2.27. The van der Waals surface area contributed by atoms with E-state index >= 15 is 0 Å². The summed E-state index contributed by atoms with van der Waals surface area (Å²) in [5, 5.41) is 31.7. The van der Waals surface area contributed by atoms with Crippen LogP contribution in [0.3, 0.4) is 0 Å². The Morgan fingerprint density at radius 2 is 0.741 bits per heavy atom. The van der Waals surface area contributed by atoms with E-state index in [1.54, 1.807) is 0 Å². The number of carbonyl (C=O) groups excluding carboxylic acids is 3. The van der Waals surface area contributed by atoms with Crippen molar-refractivity contribution >= 4 is 23.9 Å². The zero-order chi connectivity index (χ0) is 61.7. The Kier molecular flexibility index (Phi) is 56.7. The van der Waals surface area contributed by atoms with Crippen LogP contribution in [-0.2, 0) is 42.9 Å². The molecule has 85 heavy (non-hydrogen) atoms. The van der Waals surface area contributed by atoms with Gasteiger partial charge in [-0.3, -0.25) is 14.4 Å². The number of carboxylic acids is 1. The number of carbonyl (C=O) groups is 4. The predicted octanol–water partition coefficient (Wildman–Crippen LogP) is 19.5. The van der Waals surface area contributed by atoms with Crippen LogP contribution in [-0.4, -0.2) is 89.2 Å². The van der Waals surface area contributed by atoms with Gasteiger partial charge in [0.05, 0.1) is 6.61 Å². The number of hydrogen-bond acceptors (Lipinski definition) is 11. The van der Waals surface area contributed by atoms with E-state index in [4.69, 9.17) is 23.7 Å². The van der Waals surface area contributed by atoms with Gasteiger partial charge in [0.2, 0.25) is 0 Å². The molecule has 1 fully saturated rings. The molecular weight excluding hydrogens is 1070 g/mol. The summed E-state index contributed by atoms with van der Waals surface area (Å²) in [6, 6.07) is 0. The molecule has 0 spiro atoms. The lowest BCUT2D eigenvalue weighted by molar-refractivity contribution is -0.301. The van der Waals surface area contributed by atoms with Crippen LogP contribution in [0.4, 0.5) is 0 Å². The van der Waals surface area contributed by atoms with Crippen LogP contribution in [0.15, 0.2) is 60.8 Å². The van der Waals surface area contributed by atoms with Gasteiger partial charge < -0.3 is 39.0 Å². The monoisotopic (exact) mass is 1200 g/mol. The van der Waals surface area contributed by atoms with Crippen LogP contribution < -0.4 is 0 Å². The molecule has 0 aromatic rings. The first-order valence-electron chi connectivity index (χ1n) is 35.3. The SMILES string of the molecule is CC/C=C\C/C=C\C/C=C\CCCCCCCCCC(=O)OC(COC(=O)CCCCCCCCCCCCCCCCCCCCC)COC1OC(C(=O)O)C(O)C(O)C1OC(=O)CCCCCCCCCCC/C=C\C/C=C\CCCCC. The molecule has 1 aliphatic heterocycles. The average Bonchev–Trinajstić information content (AvgIpc) is 3.53. The summed E-state index contributed by atoms with van der Waals surface area (Å²) in [7, 11) is 0. The molecule has 0 saturated carbocycles. The second-order valence-corrected chi connectivity index (χ2v) is 24.1. The minimum atomic E-state index is -1.91. The number of aliphatic hydroxyl groups is 2. The Morgan fingerprint density at radius 1 is 0.400 bits per heavy atom. The first kappa shape index (κ1) is 79.4. The van der Waals surface area contributed by atoms with E-state index in [1.807, 2.05) is 0 Å². The zero-order valence-electron chi connectivity index (χ0n) is 54.6. The van der Waals surface area contributed by atoms with Gasteiger partial charge in [-0.2, -0.15) is 0 Å². The van der Waals surface area contributed by atoms with E-state index in [0.717, 1.165) is 122 Å². The van der Waals surface area contributed by atoms with Crippen molar-refractivity contribution in [2.45, 2.75) is 366 Å². The molecule has 1 aliphatic rings. The third kappa shape index (κ3) is 50.0. The standard InChI is InChI=1S/C73H128O12/c1-4-7-10-13-16-19-22-25-28-31-33-36-38-41-44-47-50-53-56-59-65(74)81-62-64(83-66(75)60-57-54-51-48-45-42-39-35-30-27-24-21-18-15-12-9-6-3)63-82-73-71(69(78)68(77)70(85-73)72(79)80)84-67(76)61-58-55-52-49-46-43-40-37-34-32-29-26-23-20-17-14-11-8-5-2/h9,12,17-18,20-21,26-27,29-30,64,68-71,73,77-78H,4-8,10-11,13-16,19,22-25,28,31-63H2,1-3H3,(H,79,80)/b12-9-,20-17-,21-18-,29-26-,30-27-. The molecule has 0 aliphatic carbocycles. The number of ether oxygens (including phenoxy) is 5. The largest absolute Gasteiger partial charge is 0.479 e. The highest BCUT2D eigenvalue weighted by molar-refractivity contribution is 5.74. The normalized spacial score (nSPS) is 17.8. The average molecular weight is 1200 g/mol. The van der Waals surface area contributed by atoms with Crippen LogP contribution >= 0.6 is 0 Å². The molecule has 0 aromatic carbocycles. The maximum absolute atomic E-state index is 13.2. The van der Waals surface area contributed by atoms with E-state index in [0.29, 0.717) is 19.3 Å². The Balaban J connectivity index is 2.62. The number of allylic oxidation sites excluding steroid dienone is 10. The van der Waals surface area contributed by atoms with E-state index < -0.39 is 67.3 Å². The Bertz CT molecular complexity index is 1710. The van der Waals surface area contributed by atoms with Gasteiger partial charge in [0.15, 0.2) is 24.6 Å². The molecule has 12 heteroatoms. The number of aliphatic carboxylic acids is 1. The summed E-state index contributed by atoms with van der Waals surface area (Å²) < 4.78 is 28.6. The summed E-state index contributed by atoms with van der Waals surface area (Å²) in [4.78, 5) is 51.5. The lowest BCUT2D eigenvalue weighted by atomic mass is 9.98. The molecular formula is C73H128O12. The lowest BCUT2D eigenvalue weighted by Gasteiger charge is -2.40. The fourth-order valence-electron chi connectivity index (χ4n) is 10.7. The Labute approximate surface area is 519 Å². The van der Waals surface area contributed by atoms with Gasteiger partial charge in [-0.25, -0.2) is 4.79 Å². The smallest absolute Gasteiger partial charge is 0.335 e.